The molecule has 0 saturated heterocycles. The maximum absolute atomic E-state index is 10.8. The van der Waals surface area contributed by atoms with Crippen molar-refractivity contribution in [3.05, 3.63) is 0 Å². The van der Waals surface area contributed by atoms with E-state index in [0.717, 1.165) is 31.8 Å². The minimum atomic E-state index is -0.708. The molecule has 116 valence electrons. The monoisotopic (exact) mass is 282 g/mol. The third kappa shape index (κ3) is 4.74. The number of nitrogens with zero attached hydrogens (tertiary/aromatic N) is 1. The average Bonchev–Trinajstić information content (AvgIpc) is 2.40. The van der Waals surface area contributed by atoms with Crippen LogP contribution in [-0.2, 0) is 4.79 Å². The highest BCUT2D eigenvalue weighted by molar-refractivity contribution is 5.69. The molecular formula is C16H30N2O2. The normalized spacial score (nSPS) is 27.5. The van der Waals surface area contributed by atoms with E-state index in [-0.39, 0.29) is 6.54 Å². The van der Waals surface area contributed by atoms with Gasteiger partial charge in [0, 0.05) is 12.1 Å². The number of rotatable bonds is 8. The van der Waals surface area contributed by atoms with Gasteiger partial charge in [-0.25, -0.2) is 0 Å². The van der Waals surface area contributed by atoms with Gasteiger partial charge in [0.2, 0.25) is 0 Å². The summed E-state index contributed by atoms with van der Waals surface area (Å²) < 4.78 is 0. The summed E-state index contributed by atoms with van der Waals surface area (Å²) in [5, 5.41) is 12.5. The highest BCUT2D eigenvalue weighted by Gasteiger charge is 2.33. The van der Waals surface area contributed by atoms with E-state index in [1.165, 1.54) is 38.5 Å². The standard InChI is InChI=1S/C16H30N2O2/c1-2-18(12-16(19)20)15-10-14(11-15)17-9-8-13-6-4-3-5-7-13/h13-15,17H,2-12H2,1H3,(H,19,20). The van der Waals surface area contributed by atoms with Crippen molar-refractivity contribution in [2.75, 3.05) is 19.6 Å². The summed E-state index contributed by atoms with van der Waals surface area (Å²) in [5.74, 6) is 0.242. The van der Waals surface area contributed by atoms with E-state index in [9.17, 15) is 4.79 Å². The van der Waals surface area contributed by atoms with Gasteiger partial charge in [-0.3, -0.25) is 9.69 Å². The number of carbonyl (C=O) groups is 1. The summed E-state index contributed by atoms with van der Waals surface area (Å²) in [5.41, 5.74) is 0. The molecule has 2 aliphatic rings. The lowest BCUT2D eigenvalue weighted by molar-refractivity contribution is -0.139. The molecule has 2 N–H and O–H groups in total. The van der Waals surface area contributed by atoms with Crippen LogP contribution < -0.4 is 5.32 Å². The highest BCUT2D eigenvalue weighted by atomic mass is 16.4. The van der Waals surface area contributed by atoms with Gasteiger partial charge < -0.3 is 10.4 Å². The number of likely N-dealkylation sites (N-methyl/N-ethyl adjacent to an activating group) is 1. The first-order chi connectivity index (χ1) is 9.69. The average molecular weight is 282 g/mol. The van der Waals surface area contributed by atoms with Crippen molar-refractivity contribution < 1.29 is 9.90 Å². The first-order valence-electron chi connectivity index (χ1n) is 8.38. The molecule has 2 saturated carbocycles. The fourth-order valence-electron chi connectivity index (χ4n) is 3.69. The quantitative estimate of drug-likeness (QED) is 0.718. The molecule has 0 amide bonds. The Morgan fingerprint density at radius 3 is 2.55 bits per heavy atom. The van der Waals surface area contributed by atoms with E-state index in [0.29, 0.717) is 12.1 Å². The van der Waals surface area contributed by atoms with Crippen LogP contribution >= 0.6 is 0 Å². The number of hydrogen-bond donors (Lipinski definition) is 2. The molecule has 0 aromatic rings. The van der Waals surface area contributed by atoms with Crippen molar-refractivity contribution in [2.45, 2.75) is 70.4 Å². The molecular weight excluding hydrogens is 252 g/mol. The van der Waals surface area contributed by atoms with Crippen LogP contribution in [0.25, 0.3) is 0 Å². The Kier molecular flexibility index (Phi) is 6.30. The SMILES string of the molecule is CCN(CC(=O)O)C1CC(NCCC2CCCCC2)C1. The van der Waals surface area contributed by atoms with Crippen molar-refractivity contribution in [2.24, 2.45) is 5.92 Å². The number of aliphatic carboxylic acids is 1. The van der Waals surface area contributed by atoms with Crippen LogP contribution in [0.4, 0.5) is 0 Å². The second-order valence-corrected chi connectivity index (χ2v) is 6.53. The topological polar surface area (TPSA) is 52.6 Å². The zero-order chi connectivity index (χ0) is 14.4. The van der Waals surface area contributed by atoms with Crippen LogP contribution in [0, 0.1) is 5.92 Å². The molecule has 4 nitrogen and oxygen atoms in total. The molecule has 0 atom stereocenters. The van der Waals surface area contributed by atoms with Crippen molar-refractivity contribution in [3.63, 3.8) is 0 Å². The molecule has 0 spiro atoms. The van der Waals surface area contributed by atoms with Crippen LogP contribution in [0.5, 0.6) is 0 Å². The summed E-state index contributed by atoms with van der Waals surface area (Å²) in [6, 6.07) is 1.09. The third-order valence-electron chi connectivity index (χ3n) is 5.08. The maximum atomic E-state index is 10.8. The summed E-state index contributed by atoms with van der Waals surface area (Å²) >= 11 is 0. The molecule has 2 rings (SSSR count). The van der Waals surface area contributed by atoms with Gasteiger partial charge in [0.05, 0.1) is 6.54 Å². The zero-order valence-electron chi connectivity index (χ0n) is 12.8. The Labute approximate surface area is 122 Å². The van der Waals surface area contributed by atoms with E-state index in [1.54, 1.807) is 0 Å². The summed E-state index contributed by atoms with van der Waals surface area (Å²) in [7, 11) is 0. The van der Waals surface area contributed by atoms with Crippen molar-refractivity contribution in [1.29, 1.82) is 0 Å². The maximum Gasteiger partial charge on any atom is 0.317 e. The molecule has 0 bridgehead atoms. The Balaban J connectivity index is 1.55. The molecule has 0 heterocycles. The van der Waals surface area contributed by atoms with E-state index >= 15 is 0 Å². The van der Waals surface area contributed by atoms with Gasteiger partial charge in [-0.15, -0.1) is 0 Å². The fraction of sp³-hybridized carbons (Fsp3) is 0.938. The summed E-state index contributed by atoms with van der Waals surface area (Å²) in [4.78, 5) is 12.9. The van der Waals surface area contributed by atoms with E-state index in [1.807, 2.05) is 6.92 Å². The fourth-order valence-corrected chi connectivity index (χ4v) is 3.69. The van der Waals surface area contributed by atoms with Crippen molar-refractivity contribution >= 4 is 5.97 Å². The van der Waals surface area contributed by atoms with Gasteiger partial charge in [-0.1, -0.05) is 39.0 Å². The lowest BCUT2D eigenvalue weighted by Crippen LogP contribution is -2.53. The Bertz CT molecular complexity index is 297. The van der Waals surface area contributed by atoms with Gasteiger partial charge in [-0.2, -0.15) is 0 Å². The molecule has 2 fully saturated rings. The number of hydrogen-bond acceptors (Lipinski definition) is 3. The first-order valence-corrected chi connectivity index (χ1v) is 8.38. The predicted octanol–water partition coefficient (Wildman–Crippen LogP) is 2.48. The Morgan fingerprint density at radius 2 is 1.95 bits per heavy atom. The number of carboxylic acid groups (broad SMARTS) is 1. The van der Waals surface area contributed by atoms with Gasteiger partial charge in [0.15, 0.2) is 0 Å². The van der Waals surface area contributed by atoms with Crippen LogP contribution in [0.3, 0.4) is 0 Å². The molecule has 0 aromatic carbocycles. The zero-order valence-corrected chi connectivity index (χ0v) is 12.8. The summed E-state index contributed by atoms with van der Waals surface area (Å²) in [6.07, 6.45) is 10.7. The van der Waals surface area contributed by atoms with Crippen LogP contribution in [-0.4, -0.2) is 47.7 Å². The van der Waals surface area contributed by atoms with E-state index in [2.05, 4.69) is 10.2 Å². The second-order valence-electron chi connectivity index (χ2n) is 6.53. The molecule has 0 aromatic heterocycles. The Morgan fingerprint density at radius 1 is 1.25 bits per heavy atom. The minimum absolute atomic E-state index is 0.190. The summed E-state index contributed by atoms with van der Waals surface area (Å²) in [6.45, 7) is 4.22. The second kappa shape index (κ2) is 7.99. The molecule has 0 unspecified atom stereocenters. The Hall–Kier alpha value is -0.610. The highest BCUT2D eigenvalue weighted by Crippen LogP contribution is 2.28. The minimum Gasteiger partial charge on any atom is -0.480 e. The van der Waals surface area contributed by atoms with Gasteiger partial charge in [0.1, 0.15) is 0 Å². The molecule has 20 heavy (non-hydrogen) atoms. The molecule has 4 heteroatoms. The first kappa shape index (κ1) is 15.8. The largest absolute Gasteiger partial charge is 0.480 e. The van der Waals surface area contributed by atoms with Gasteiger partial charge in [-0.05, 0) is 38.3 Å². The van der Waals surface area contributed by atoms with Crippen LogP contribution in [0.2, 0.25) is 0 Å². The van der Waals surface area contributed by atoms with E-state index in [4.69, 9.17) is 5.11 Å². The van der Waals surface area contributed by atoms with Crippen LogP contribution in [0.15, 0.2) is 0 Å². The molecule has 0 aliphatic heterocycles. The van der Waals surface area contributed by atoms with Crippen molar-refractivity contribution in [1.82, 2.24) is 10.2 Å². The van der Waals surface area contributed by atoms with Gasteiger partial charge >= 0.3 is 5.97 Å². The number of nitrogens with one attached hydrogen (secondary N) is 1. The molecule has 2 aliphatic carbocycles. The predicted molar refractivity (Wildman–Crippen MR) is 80.9 cm³/mol. The smallest absolute Gasteiger partial charge is 0.317 e. The molecule has 0 radical (unpaired) electrons. The van der Waals surface area contributed by atoms with E-state index < -0.39 is 5.97 Å². The lowest BCUT2D eigenvalue weighted by Gasteiger charge is -2.42. The third-order valence-corrected chi connectivity index (χ3v) is 5.08. The lowest BCUT2D eigenvalue weighted by atomic mass is 9.84. The number of carboxylic acids is 1. The van der Waals surface area contributed by atoms with Crippen LogP contribution in [0.1, 0.15) is 58.3 Å². The van der Waals surface area contributed by atoms with Crippen molar-refractivity contribution in [3.8, 4) is 0 Å². The van der Waals surface area contributed by atoms with Gasteiger partial charge in [0.25, 0.3) is 0 Å².